The largest absolute Gasteiger partial charge is 0.727 e. The lowest BCUT2D eigenvalue weighted by molar-refractivity contribution is -0.662. The van der Waals surface area contributed by atoms with E-state index in [9.17, 15) is 0 Å². The molecule has 0 spiro atoms. The Hall–Kier alpha value is 0.100. The Bertz CT molecular complexity index is 474. The first-order chi connectivity index (χ1) is 10.6. The number of benzene rings is 1. The van der Waals surface area contributed by atoms with Gasteiger partial charge in [0.2, 0.25) is 0 Å². The van der Waals surface area contributed by atoms with Gasteiger partial charge in [-0.2, -0.15) is 0 Å². The summed E-state index contributed by atoms with van der Waals surface area (Å²) in [4.78, 5) is 0. The normalized spacial score (nSPS) is 22.3. The van der Waals surface area contributed by atoms with E-state index >= 15 is 0 Å². The number of hydrogen-bond donors (Lipinski definition) is 1. The van der Waals surface area contributed by atoms with Gasteiger partial charge in [0.1, 0.15) is 0 Å². The van der Waals surface area contributed by atoms with Gasteiger partial charge in [-0.15, -0.1) is 11.8 Å². The number of aryl methyl sites for hydroxylation is 1. The van der Waals surface area contributed by atoms with Crippen LogP contribution in [0.3, 0.4) is 0 Å². The maximum atomic E-state index is 5.67. The summed E-state index contributed by atoms with van der Waals surface area (Å²) in [6.45, 7) is 8.07. The van der Waals surface area contributed by atoms with Crippen LogP contribution in [0.4, 0.5) is 0 Å². The van der Waals surface area contributed by atoms with Gasteiger partial charge in [-0.1, -0.05) is 35.2 Å². The second kappa shape index (κ2) is 9.41. The number of nitrogens with zero attached hydrogens (tertiary/aromatic N) is 1. The van der Waals surface area contributed by atoms with Gasteiger partial charge in [0.05, 0.1) is 26.3 Å². The van der Waals surface area contributed by atoms with E-state index in [0.29, 0.717) is 0 Å². The van der Waals surface area contributed by atoms with E-state index < -0.39 is 5.39 Å². The lowest BCUT2D eigenvalue weighted by atomic mass is 10.2. The molecule has 0 amide bonds. The van der Waals surface area contributed by atoms with Gasteiger partial charge in [-0.25, -0.2) is 0 Å². The van der Waals surface area contributed by atoms with Crippen LogP contribution in [-0.2, 0) is 28.8 Å². The zero-order valence-corrected chi connectivity index (χ0v) is 15.9. The van der Waals surface area contributed by atoms with Gasteiger partial charge in [0.25, 0.3) is 0 Å². The molecule has 22 heavy (non-hydrogen) atoms. The molecule has 124 valence electrons. The van der Waals surface area contributed by atoms with Crippen molar-refractivity contribution in [3.63, 3.8) is 0 Å². The lowest BCUT2D eigenvalue weighted by Crippen LogP contribution is -2.85. The van der Waals surface area contributed by atoms with Crippen molar-refractivity contribution in [2.45, 2.75) is 26.2 Å². The van der Waals surface area contributed by atoms with E-state index in [0.717, 1.165) is 31.6 Å². The summed E-state index contributed by atoms with van der Waals surface area (Å²) in [6.07, 6.45) is 4.36. The highest BCUT2D eigenvalue weighted by Gasteiger charge is 2.18. The predicted octanol–water partition coefficient (Wildman–Crippen LogP) is 1.54. The molecular weight excluding hydrogens is 331 g/mol. The number of quaternary nitrogens is 1. The van der Waals surface area contributed by atoms with Gasteiger partial charge in [0, 0.05) is 13.1 Å². The van der Waals surface area contributed by atoms with E-state index in [-0.39, 0.29) is 0 Å². The molecule has 6 heteroatoms. The summed E-state index contributed by atoms with van der Waals surface area (Å²) >= 11 is 11.3. The molecule has 0 saturated carbocycles. The average Bonchev–Trinajstić information content (AvgIpc) is 2.58. The van der Waals surface area contributed by atoms with Gasteiger partial charge in [-0.3, -0.25) is 4.67 Å². The summed E-state index contributed by atoms with van der Waals surface area (Å²) in [6, 6.07) is 8.34. The maximum absolute atomic E-state index is 5.67. The topological polar surface area (TPSA) is 29.1 Å². The molecule has 3 rings (SSSR count). The third-order valence-electron chi connectivity index (χ3n) is 4.04. The third kappa shape index (κ3) is 5.63. The molecule has 2 heterocycles. The minimum Gasteiger partial charge on any atom is -0.727 e. The highest BCUT2D eigenvalue weighted by Crippen LogP contribution is 2.46. The molecule has 2 N–H and O–H groups in total. The molecule has 0 aliphatic carbocycles. The van der Waals surface area contributed by atoms with Gasteiger partial charge >= 0.3 is 0 Å². The quantitative estimate of drug-likeness (QED) is 0.642. The number of hydrogen-bond acceptors (Lipinski definition) is 3. The Morgan fingerprint density at radius 3 is 2.14 bits per heavy atom. The summed E-state index contributed by atoms with van der Waals surface area (Å²) < 4.78 is 7.58. The Morgan fingerprint density at radius 2 is 1.68 bits per heavy atom. The second-order valence-corrected chi connectivity index (χ2v) is 11.8. The van der Waals surface area contributed by atoms with Crippen molar-refractivity contribution in [3.05, 3.63) is 29.8 Å². The molecule has 1 atom stereocenters. The van der Waals surface area contributed by atoms with Crippen molar-refractivity contribution in [2.75, 3.05) is 39.4 Å². The SMILES string of the molecule is C1CC[NH2+]CC1.Cc1ccc(P(=S)([S-])N2CCOCC2)cc1. The second-order valence-electron chi connectivity index (χ2n) is 5.85. The van der Waals surface area contributed by atoms with Crippen LogP contribution in [-0.4, -0.2) is 44.1 Å². The van der Waals surface area contributed by atoms with E-state index in [2.05, 4.69) is 41.2 Å². The molecular formula is C16H27N2OPS2. The van der Waals surface area contributed by atoms with Crippen LogP contribution in [0.25, 0.3) is 0 Å². The average molecular weight is 359 g/mol. The molecule has 0 aromatic heterocycles. The Kier molecular flexibility index (Phi) is 7.89. The standard InChI is InChI=1S/C11H16NOPS2.C5H11N/c1-10-2-4-11(5-3-10)14(15,16)12-6-8-13-9-7-12;1-2-4-6-5-3-1/h2-5H,6-9H2,1H3,(H,15,16);6H,1-5H2. The van der Waals surface area contributed by atoms with Crippen molar-refractivity contribution < 1.29 is 10.1 Å². The fourth-order valence-electron chi connectivity index (χ4n) is 2.61. The Morgan fingerprint density at radius 1 is 1.09 bits per heavy atom. The third-order valence-corrected chi connectivity index (χ3v) is 8.78. The van der Waals surface area contributed by atoms with Crippen molar-refractivity contribution >= 4 is 34.8 Å². The van der Waals surface area contributed by atoms with E-state index in [1.165, 1.54) is 37.9 Å². The Balaban J connectivity index is 0.000000246. The van der Waals surface area contributed by atoms with E-state index in [1.54, 1.807) is 0 Å². The minimum absolute atomic E-state index is 0.751. The number of ether oxygens (including phenoxy) is 1. The van der Waals surface area contributed by atoms with Crippen molar-refractivity contribution in [1.29, 1.82) is 0 Å². The Labute approximate surface area is 145 Å². The first kappa shape index (κ1) is 18.4. The van der Waals surface area contributed by atoms with Crippen LogP contribution in [0.1, 0.15) is 24.8 Å². The molecule has 1 unspecified atom stereocenters. The highest BCUT2D eigenvalue weighted by atomic mass is 32.9. The van der Waals surface area contributed by atoms with Crippen molar-refractivity contribution in [3.8, 4) is 0 Å². The molecule has 0 bridgehead atoms. The van der Waals surface area contributed by atoms with Crippen LogP contribution in [0.5, 0.6) is 0 Å². The zero-order valence-electron chi connectivity index (χ0n) is 13.4. The molecule has 0 radical (unpaired) electrons. The fourth-order valence-corrected chi connectivity index (χ4v) is 5.86. The fraction of sp³-hybridized carbons (Fsp3) is 0.625. The van der Waals surface area contributed by atoms with Crippen LogP contribution < -0.4 is 10.6 Å². The number of morpholine rings is 1. The maximum Gasteiger partial charge on any atom is 0.0755 e. The first-order valence-electron chi connectivity index (χ1n) is 8.14. The monoisotopic (exact) mass is 358 g/mol. The van der Waals surface area contributed by atoms with Gasteiger partial charge < -0.3 is 22.3 Å². The number of piperidine rings is 1. The van der Waals surface area contributed by atoms with Crippen molar-refractivity contribution in [1.82, 2.24) is 4.67 Å². The summed E-state index contributed by atoms with van der Waals surface area (Å²) in [7, 11) is 0. The highest BCUT2D eigenvalue weighted by molar-refractivity contribution is 8.56. The summed E-state index contributed by atoms with van der Waals surface area (Å²) in [5.74, 6) is 0. The van der Waals surface area contributed by atoms with Crippen LogP contribution >= 0.6 is 5.39 Å². The van der Waals surface area contributed by atoms with Crippen molar-refractivity contribution in [2.24, 2.45) is 0 Å². The number of nitrogens with two attached hydrogens (primary N) is 1. The predicted molar refractivity (Wildman–Crippen MR) is 100 cm³/mol. The van der Waals surface area contributed by atoms with E-state index in [1.807, 2.05) is 0 Å². The van der Waals surface area contributed by atoms with Crippen LogP contribution in [0, 0.1) is 6.92 Å². The first-order valence-corrected chi connectivity index (χ1v) is 11.9. The molecule has 2 aliphatic heterocycles. The van der Waals surface area contributed by atoms with E-state index in [4.69, 9.17) is 28.8 Å². The summed E-state index contributed by atoms with van der Waals surface area (Å²) in [5.41, 5.74) is 1.25. The molecule has 3 nitrogen and oxygen atoms in total. The smallest absolute Gasteiger partial charge is 0.0755 e. The van der Waals surface area contributed by atoms with Crippen LogP contribution in [0.15, 0.2) is 24.3 Å². The zero-order chi connectivity index (χ0) is 15.8. The molecule has 2 aliphatic rings. The molecule has 1 aromatic carbocycles. The van der Waals surface area contributed by atoms with Crippen LogP contribution in [0.2, 0.25) is 0 Å². The summed E-state index contributed by atoms with van der Waals surface area (Å²) in [5, 5.41) is 1.55. The minimum atomic E-state index is -1.97. The lowest BCUT2D eigenvalue weighted by Gasteiger charge is -2.43. The van der Waals surface area contributed by atoms with Gasteiger partial charge in [0.15, 0.2) is 0 Å². The molecule has 2 saturated heterocycles. The van der Waals surface area contributed by atoms with Gasteiger partial charge in [-0.05, 0) is 31.5 Å². The molecule has 1 aromatic rings. The number of rotatable bonds is 2. The molecule has 2 fully saturated rings.